The quantitative estimate of drug-likeness (QED) is 0.791. The highest BCUT2D eigenvalue weighted by Crippen LogP contribution is 2.41. The van der Waals surface area contributed by atoms with E-state index in [4.69, 9.17) is 23.7 Å². The molecule has 3 heterocycles. The predicted molar refractivity (Wildman–Crippen MR) is 100 cm³/mol. The molecule has 0 unspecified atom stereocenters. The van der Waals surface area contributed by atoms with Crippen molar-refractivity contribution in [2.75, 3.05) is 26.7 Å². The maximum atomic E-state index is 12.6. The van der Waals surface area contributed by atoms with Crippen molar-refractivity contribution in [3.05, 3.63) is 47.0 Å². The van der Waals surface area contributed by atoms with Crippen molar-refractivity contribution in [3.8, 4) is 23.0 Å². The van der Waals surface area contributed by atoms with E-state index in [1.54, 1.807) is 11.8 Å². The van der Waals surface area contributed by atoms with Crippen molar-refractivity contribution in [3.63, 3.8) is 0 Å². The number of hydrogen-bond donors (Lipinski definition) is 0. The van der Waals surface area contributed by atoms with E-state index < -0.39 is 0 Å². The lowest BCUT2D eigenvalue weighted by atomic mass is 9.94. The fourth-order valence-corrected chi connectivity index (χ4v) is 3.63. The monoisotopic (exact) mass is 381 g/mol. The van der Waals surface area contributed by atoms with E-state index in [0.29, 0.717) is 31.1 Å². The van der Waals surface area contributed by atoms with E-state index in [9.17, 15) is 4.79 Å². The second-order valence-electron chi connectivity index (χ2n) is 6.61. The van der Waals surface area contributed by atoms with Crippen LogP contribution in [0.25, 0.3) is 11.8 Å². The second kappa shape index (κ2) is 6.67. The van der Waals surface area contributed by atoms with Gasteiger partial charge in [0.05, 0.1) is 12.3 Å². The first-order valence-corrected chi connectivity index (χ1v) is 9.21. The fraction of sp³-hybridized carbons (Fsp3) is 0.286. The zero-order valence-corrected chi connectivity index (χ0v) is 15.4. The Balaban J connectivity index is 1.61. The molecule has 0 aromatic heterocycles. The van der Waals surface area contributed by atoms with Crippen LogP contribution in [0.15, 0.2) is 30.3 Å². The molecule has 0 saturated carbocycles. The molecular weight excluding hydrogens is 362 g/mol. The van der Waals surface area contributed by atoms with Gasteiger partial charge in [0.1, 0.15) is 0 Å². The smallest absolute Gasteiger partial charge is 0.414 e. The van der Waals surface area contributed by atoms with Gasteiger partial charge in [0, 0.05) is 12.1 Å². The first-order valence-electron chi connectivity index (χ1n) is 9.21. The zero-order chi connectivity index (χ0) is 19.1. The van der Waals surface area contributed by atoms with Crippen LogP contribution in [0.2, 0.25) is 0 Å². The number of ether oxygens (including phenoxy) is 5. The molecule has 0 aliphatic carbocycles. The summed E-state index contributed by atoms with van der Waals surface area (Å²) in [7, 11) is 0. The number of fused-ring (bicyclic) bond motifs is 3. The van der Waals surface area contributed by atoms with E-state index in [-0.39, 0.29) is 19.7 Å². The van der Waals surface area contributed by atoms with Crippen molar-refractivity contribution in [1.29, 1.82) is 0 Å². The Hall–Kier alpha value is -3.35. The third kappa shape index (κ3) is 2.79. The van der Waals surface area contributed by atoms with Gasteiger partial charge in [-0.3, -0.25) is 4.90 Å². The fourth-order valence-electron chi connectivity index (χ4n) is 3.63. The minimum absolute atomic E-state index is 0.209. The average molecular weight is 381 g/mol. The van der Waals surface area contributed by atoms with Gasteiger partial charge in [-0.1, -0.05) is 6.07 Å². The van der Waals surface area contributed by atoms with E-state index in [2.05, 4.69) is 0 Å². The molecule has 1 amide bonds. The van der Waals surface area contributed by atoms with Gasteiger partial charge in [-0.2, -0.15) is 0 Å². The molecule has 7 heteroatoms. The first kappa shape index (κ1) is 16.8. The molecule has 3 aliphatic heterocycles. The summed E-state index contributed by atoms with van der Waals surface area (Å²) in [5.74, 6) is 2.84. The number of carbonyl (C=O) groups excluding carboxylic acids is 1. The van der Waals surface area contributed by atoms with Gasteiger partial charge in [-0.05, 0) is 54.8 Å². The summed E-state index contributed by atoms with van der Waals surface area (Å²) in [4.78, 5) is 14.3. The summed E-state index contributed by atoms with van der Waals surface area (Å²) < 4.78 is 27.2. The Bertz CT molecular complexity index is 983. The van der Waals surface area contributed by atoms with Gasteiger partial charge in [0.25, 0.3) is 0 Å². The van der Waals surface area contributed by atoms with Crippen LogP contribution in [0.1, 0.15) is 23.6 Å². The largest absolute Gasteiger partial charge is 0.454 e. The lowest BCUT2D eigenvalue weighted by Crippen LogP contribution is -2.35. The van der Waals surface area contributed by atoms with Crippen molar-refractivity contribution in [1.82, 2.24) is 4.90 Å². The van der Waals surface area contributed by atoms with Crippen molar-refractivity contribution >= 4 is 17.9 Å². The van der Waals surface area contributed by atoms with Crippen LogP contribution in [0.3, 0.4) is 0 Å². The highest BCUT2D eigenvalue weighted by molar-refractivity contribution is 5.92. The number of rotatable bonds is 2. The third-order valence-corrected chi connectivity index (χ3v) is 4.96. The Morgan fingerprint density at radius 2 is 1.75 bits per heavy atom. The Kier molecular flexibility index (Phi) is 4.00. The number of amides is 1. The summed E-state index contributed by atoms with van der Waals surface area (Å²) in [5.41, 5.74) is 3.70. The van der Waals surface area contributed by atoms with Gasteiger partial charge >= 0.3 is 6.09 Å². The predicted octanol–water partition coefficient (Wildman–Crippen LogP) is 3.66. The summed E-state index contributed by atoms with van der Waals surface area (Å²) in [6, 6.07) is 9.63. The molecule has 0 bridgehead atoms. The summed E-state index contributed by atoms with van der Waals surface area (Å²) in [5, 5.41) is 0. The maximum Gasteiger partial charge on any atom is 0.414 e. The molecule has 144 valence electrons. The van der Waals surface area contributed by atoms with Crippen molar-refractivity contribution < 1.29 is 28.5 Å². The minimum atomic E-state index is -0.363. The van der Waals surface area contributed by atoms with E-state index >= 15 is 0 Å². The van der Waals surface area contributed by atoms with Gasteiger partial charge in [-0.25, -0.2) is 4.79 Å². The third-order valence-electron chi connectivity index (χ3n) is 4.96. The van der Waals surface area contributed by atoms with Crippen LogP contribution in [0.5, 0.6) is 23.0 Å². The first-order chi connectivity index (χ1) is 13.7. The molecule has 28 heavy (non-hydrogen) atoms. The molecule has 0 spiro atoms. The number of nitrogens with zero attached hydrogens (tertiary/aromatic N) is 1. The summed E-state index contributed by atoms with van der Waals surface area (Å²) in [6.07, 6.45) is 2.31. The van der Waals surface area contributed by atoms with Crippen molar-refractivity contribution in [2.24, 2.45) is 0 Å². The standard InChI is InChI=1S/C21H19NO6/c1-2-24-21(23)22-6-5-14-9-19-20(28-12-27-19)10-15(14)16(22)7-13-3-4-17-18(8-13)26-11-25-17/h3-4,7-10H,2,5-6,11-12H2,1H3/b16-7-. The molecular formula is C21H19NO6. The summed E-state index contributed by atoms with van der Waals surface area (Å²) >= 11 is 0. The summed E-state index contributed by atoms with van der Waals surface area (Å²) in [6.45, 7) is 3.08. The van der Waals surface area contributed by atoms with Crippen LogP contribution in [0, 0.1) is 0 Å². The Labute approximate surface area is 162 Å². The normalized spacial score (nSPS) is 17.6. The van der Waals surface area contributed by atoms with Crippen LogP contribution in [-0.2, 0) is 11.2 Å². The zero-order valence-electron chi connectivity index (χ0n) is 15.4. The number of hydrogen-bond acceptors (Lipinski definition) is 6. The van der Waals surface area contributed by atoms with Gasteiger partial charge < -0.3 is 23.7 Å². The molecule has 2 aromatic rings. The highest BCUT2D eigenvalue weighted by Gasteiger charge is 2.30. The Morgan fingerprint density at radius 3 is 2.54 bits per heavy atom. The maximum absolute atomic E-state index is 12.6. The molecule has 0 N–H and O–H groups in total. The molecule has 5 rings (SSSR count). The van der Waals surface area contributed by atoms with Crippen LogP contribution < -0.4 is 18.9 Å². The van der Waals surface area contributed by atoms with Gasteiger partial charge in [0.15, 0.2) is 23.0 Å². The second-order valence-corrected chi connectivity index (χ2v) is 6.61. The average Bonchev–Trinajstić information content (AvgIpc) is 3.35. The lowest BCUT2D eigenvalue weighted by Gasteiger charge is -2.31. The van der Waals surface area contributed by atoms with Gasteiger partial charge in [-0.15, -0.1) is 0 Å². The molecule has 0 saturated heterocycles. The van der Waals surface area contributed by atoms with Crippen LogP contribution >= 0.6 is 0 Å². The topological polar surface area (TPSA) is 66.5 Å². The molecule has 3 aliphatic rings. The van der Waals surface area contributed by atoms with Crippen LogP contribution in [-0.4, -0.2) is 37.7 Å². The molecule has 0 radical (unpaired) electrons. The molecule has 7 nitrogen and oxygen atoms in total. The van der Waals surface area contributed by atoms with Crippen LogP contribution in [0.4, 0.5) is 4.79 Å². The van der Waals surface area contributed by atoms with E-state index in [0.717, 1.165) is 33.9 Å². The molecule has 0 fully saturated rings. The number of carbonyl (C=O) groups is 1. The van der Waals surface area contributed by atoms with Crippen molar-refractivity contribution in [2.45, 2.75) is 13.3 Å². The minimum Gasteiger partial charge on any atom is -0.454 e. The van der Waals surface area contributed by atoms with E-state index in [1.807, 2.05) is 36.4 Å². The van der Waals surface area contributed by atoms with E-state index in [1.165, 1.54) is 0 Å². The number of benzene rings is 2. The Morgan fingerprint density at radius 1 is 1.04 bits per heavy atom. The molecule has 0 atom stereocenters. The lowest BCUT2D eigenvalue weighted by molar-refractivity contribution is 0.125. The van der Waals surface area contributed by atoms with Gasteiger partial charge in [0.2, 0.25) is 13.6 Å². The molecule has 2 aromatic carbocycles. The highest BCUT2D eigenvalue weighted by atomic mass is 16.7. The SMILES string of the molecule is CCOC(=O)N1CCc2cc3c(cc2/C1=C/c1ccc2c(c1)OCO2)OCO3.